The monoisotopic (exact) mass is 262 g/mol. The van der Waals surface area contributed by atoms with Crippen LogP contribution in [0.3, 0.4) is 0 Å². The fourth-order valence-corrected chi connectivity index (χ4v) is 4.17. The summed E-state index contributed by atoms with van der Waals surface area (Å²) in [7, 11) is 0. The van der Waals surface area contributed by atoms with Gasteiger partial charge in [-0.25, -0.2) is 0 Å². The highest BCUT2D eigenvalue weighted by Gasteiger charge is 2.35. The summed E-state index contributed by atoms with van der Waals surface area (Å²) in [6, 6.07) is 0. The second-order valence-electron chi connectivity index (χ2n) is 6.45. The predicted molar refractivity (Wildman–Crippen MR) is 75.6 cm³/mol. The molecule has 19 heavy (non-hydrogen) atoms. The number of rotatable bonds is 3. The third kappa shape index (κ3) is 2.71. The van der Waals surface area contributed by atoms with Gasteiger partial charge in [0.15, 0.2) is 0 Å². The molecule has 1 aromatic heterocycles. The minimum atomic E-state index is -0.303. The number of fused-ring (bicyclic) bond motifs is 1. The molecule has 3 rings (SSSR count). The Morgan fingerprint density at radius 2 is 2.05 bits per heavy atom. The molecule has 4 atom stereocenters. The van der Waals surface area contributed by atoms with Gasteiger partial charge in [0.2, 0.25) is 0 Å². The number of aliphatic hydroxyl groups is 1. The summed E-state index contributed by atoms with van der Waals surface area (Å²) in [6.45, 7) is 2.96. The molecule has 2 fully saturated rings. The summed E-state index contributed by atoms with van der Waals surface area (Å²) >= 11 is 0. The van der Waals surface area contributed by atoms with E-state index in [-0.39, 0.29) is 6.10 Å². The smallest absolute Gasteiger partial charge is 0.0848 e. The Labute approximate surface area is 116 Å². The van der Waals surface area contributed by atoms with Crippen molar-refractivity contribution in [3.63, 3.8) is 0 Å². The third-order valence-corrected chi connectivity index (χ3v) is 5.35. The van der Waals surface area contributed by atoms with Crippen LogP contribution in [0.25, 0.3) is 0 Å². The number of nitrogens with zero attached hydrogens (tertiary/aromatic N) is 2. The summed E-state index contributed by atoms with van der Waals surface area (Å²) in [5.41, 5.74) is 1.01. The topological polar surface area (TPSA) is 38.0 Å². The summed E-state index contributed by atoms with van der Waals surface area (Å²) < 4.78 is 1.91. The molecule has 0 bridgehead atoms. The Bertz CT molecular complexity index is 415. The maximum atomic E-state index is 10.6. The quantitative estimate of drug-likeness (QED) is 0.904. The largest absolute Gasteiger partial charge is 0.388 e. The van der Waals surface area contributed by atoms with Crippen molar-refractivity contribution in [3.05, 3.63) is 18.0 Å². The lowest BCUT2D eigenvalue weighted by atomic mass is 9.66. The van der Waals surface area contributed by atoms with Crippen LogP contribution in [0.15, 0.2) is 12.4 Å². The van der Waals surface area contributed by atoms with E-state index < -0.39 is 0 Å². The molecule has 1 N–H and O–H groups in total. The van der Waals surface area contributed by atoms with Crippen LogP contribution < -0.4 is 0 Å². The highest BCUT2D eigenvalue weighted by molar-refractivity contribution is 5.10. The highest BCUT2D eigenvalue weighted by Crippen LogP contribution is 2.46. The van der Waals surface area contributed by atoms with E-state index >= 15 is 0 Å². The van der Waals surface area contributed by atoms with E-state index in [0.29, 0.717) is 5.92 Å². The van der Waals surface area contributed by atoms with E-state index in [1.807, 2.05) is 17.1 Å². The molecule has 0 saturated heterocycles. The van der Waals surface area contributed by atoms with E-state index in [0.717, 1.165) is 23.9 Å². The van der Waals surface area contributed by atoms with Gasteiger partial charge in [-0.05, 0) is 43.9 Å². The van der Waals surface area contributed by atoms with Crippen LogP contribution in [-0.2, 0) is 6.54 Å². The Morgan fingerprint density at radius 1 is 1.26 bits per heavy atom. The van der Waals surface area contributed by atoms with Crippen molar-refractivity contribution in [1.82, 2.24) is 9.78 Å². The fraction of sp³-hybridized carbons (Fsp3) is 0.812. The lowest BCUT2D eigenvalue weighted by Crippen LogP contribution is -2.30. The lowest BCUT2D eigenvalue weighted by molar-refractivity contribution is 0.0349. The maximum Gasteiger partial charge on any atom is 0.0848 e. The summed E-state index contributed by atoms with van der Waals surface area (Å²) in [5, 5.41) is 14.9. The minimum absolute atomic E-state index is 0.303. The van der Waals surface area contributed by atoms with Crippen molar-refractivity contribution in [1.29, 1.82) is 0 Å². The van der Waals surface area contributed by atoms with E-state index in [2.05, 4.69) is 12.0 Å². The number of hydrogen-bond acceptors (Lipinski definition) is 2. The molecule has 1 aromatic rings. The Morgan fingerprint density at radius 3 is 2.79 bits per heavy atom. The standard InChI is InChI=1S/C16H26N2O/c1-2-18-11-15(10-17-18)16(19)14-8-7-12-5-3-4-6-13(12)9-14/h10-14,16,19H,2-9H2,1H3. The van der Waals surface area contributed by atoms with Gasteiger partial charge in [-0.3, -0.25) is 4.68 Å². The van der Waals surface area contributed by atoms with Gasteiger partial charge >= 0.3 is 0 Å². The zero-order valence-electron chi connectivity index (χ0n) is 12.0. The summed E-state index contributed by atoms with van der Waals surface area (Å²) in [5.74, 6) is 2.28. The normalized spacial score (nSPS) is 32.8. The molecule has 1 heterocycles. The van der Waals surface area contributed by atoms with Crippen LogP contribution in [0, 0.1) is 17.8 Å². The average molecular weight is 262 g/mol. The maximum absolute atomic E-state index is 10.6. The van der Waals surface area contributed by atoms with Gasteiger partial charge in [-0.2, -0.15) is 5.10 Å². The van der Waals surface area contributed by atoms with E-state index in [1.54, 1.807) is 0 Å². The van der Waals surface area contributed by atoms with Crippen LogP contribution in [0.5, 0.6) is 0 Å². The van der Waals surface area contributed by atoms with Crippen LogP contribution in [0.2, 0.25) is 0 Å². The summed E-state index contributed by atoms with van der Waals surface area (Å²) in [4.78, 5) is 0. The van der Waals surface area contributed by atoms with Crippen molar-refractivity contribution in [2.24, 2.45) is 17.8 Å². The summed E-state index contributed by atoms with van der Waals surface area (Å²) in [6.07, 6.45) is 13.0. The highest BCUT2D eigenvalue weighted by atomic mass is 16.3. The first-order chi connectivity index (χ1) is 9.28. The molecule has 0 spiro atoms. The lowest BCUT2D eigenvalue weighted by Gasteiger charge is -2.40. The number of hydrogen-bond donors (Lipinski definition) is 1. The first kappa shape index (κ1) is 13.2. The zero-order valence-corrected chi connectivity index (χ0v) is 12.0. The molecule has 106 valence electrons. The molecule has 0 aliphatic heterocycles. The van der Waals surface area contributed by atoms with Gasteiger partial charge in [0, 0.05) is 18.3 Å². The zero-order chi connectivity index (χ0) is 13.2. The Balaban J connectivity index is 1.65. The number of aromatic nitrogens is 2. The van der Waals surface area contributed by atoms with Crippen molar-refractivity contribution in [2.75, 3.05) is 0 Å². The number of aliphatic hydroxyl groups excluding tert-OH is 1. The fourth-order valence-electron chi connectivity index (χ4n) is 4.17. The molecule has 2 aliphatic rings. The molecule has 0 amide bonds. The molecule has 3 heteroatoms. The second-order valence-corrected chi connectivity index (χ2v) is 6.45. The molecular weight excluding hydrogens is 236 g/mol. The van der Waals surface area contributed by atoms with E-state index in [4.69, 9.17) is 0 Å². The van der Waals surface area contributed by atoms with Crippen molar-refractivity contribution in [3.8, 4) is 0 Å². The van der Waals surface area contributed by atoms with Gasteiger partial charge in [0.1, 0.15) is 0 Å². The van der Waals surface area contributed by atoms with Crippen molar-refractivity contribution in [2.45, 2.75) is 64.5 Å². The molecule has 2 saturated carbocycles. The number of aryl methyl sites for hydroxylation is 1. The first-order valence-electron chi connectivity index (χ1n) is 7.98. The molecular formula is C16H26N2O. The van der Waals surface area contributed by atoms with E-state index in [9.17, 15) is 5.11 Å². The average Bonchev–Trinajstić information content (AvgIpc) is 2.95. The van der Waals surface area contributed by atoms with Gasteiger partial charge in [0.25, 0.3) is 0 Å². The van der Waals surface area contributed by atoms with Gasteiger partial charge in [-0.15, -0.1) is 0 Å². The van der Waals surface area contributed by atoms with Crippen LogP contribution in [0.1, 0.15) is 63.5 Å². The van der Waals surface area contributed by atoms with Gasteiger partial charge in [-0.1, -0.05) is 25.7 Å². The van der Waals surface area contributed by atoms with Crippen LogP contribution in [0.4, 0.5) is 0 Å². The van der Waals surface area contributed by atoms with Crippen LogP contribution >= 0.6 is 0 Å². The SMILES string of the molecule is CCn1cc(C(O)C2CCC3CCCCC3C2)cn1. The Hall–Kier alpha value is -0.830. The molecule has 3 nitrogen and oxygen atoms in total. The van der Waals surface area contributed by atoms with Crippen LogP contribution in [-0.4, -0.2) is 14.9 Å². The second kappa shape index (κ2) is 5.66. The minimum Gasteiger partial charge on any atom is -0.388 e. The van der Waals surface area contributed by atoms with Crippen molar-refractivity contribution < 1.29 is 5.11 Å². The molecule has 0 aromatic carbocycles. The first-order valence-corrected chi connectivity index (χ1v) is 7.98. The predicted octanol–water partition coefficient (Wildman–Crippen LogP) is 3.54. The Kier molecular flexibility index (Phi) is 3.92. The molecule has 0 radical (unpaired) electrons. The van der Waals surface area contributed by atoms with Gasteiger partial charge in [0.05, 0.1) is 12.3 Å². The molecule has 4 unspecified atom stereocenters. The van der Waals surface area contributed by atoms with E-state index in [1.165, 1.54) is 44.9 Å². The third-order valence-electron chi connectivity index (χ3n) is 5.35. The molecule has 2 aliphatic carbocycles. The van der Waals surface area contributed by atoms with Crippen molar-refractivity contribution >= 4 is 0 Å². The van der Waals surface area contributed by atoms with Gasteiger partial charge < -0.3 is 5.11 Å².